The summed E-state index contributed by atoms with van der Waals surface area (Å²) in [6, 6.07) is 0.777. The van der Waals surface area contributed by atoms with Crippen LogP contribution in [-0.4, -0.2) is 45.5 Å². The fourth-order valence-electron chi connectivity index (χ4n) is 1.37. The maximum absolute atomic E-state index is 13.4. The Labute approximate surface area is 104 Å². The third-order valence-corrected chi connectivity index (χ3v) is 2.35. The van der Waals surface area contributed by atoms with Gasteiger partial charge in [0.2, 0.25) is 0 Å². The Morgan fingerprint density at radius 3 is 2.50 bits per heavy atom. The van der Waals surface area contributed by atoms with Crippen LogP contribution in [-0.2, 0) is 9.47 Å². The van der Waals surface area contributed by atoms with Gasteiger partial charge in [0.05, 0.1) is 12.7 Å². The van der Waals surface area contributed by atoms with E-state index in [0.717, 1.165) is 6.07 Å². The van der Waals surface area contributed by atoms with Gasteiger partial charge < -0.3 is 20.1 Å². The minimum atomic E-state index is -0.751. The van der Waals surface area contributed by atoms with Gasteiger partial charge in [-0.3, -0.25) is 0 Å². The van der Waals surface area contributed by atoms with Crippen LogP contribution in [0, 0.1) is 11.6 Å². The number of rotatable bonds is 7. The molecule has 1 atom stereocenters. The highest BCUT2D eigenvalue weighted by Crippen LogP contribution is 2.18. The molecule has 0 fully saturated rings. The normalized spacial score (nSPS) is 12.3. The summed E-state index contributed by atoms with van der Waals surface area (Å²) >= 11 is 0. The number of ether oxygens (including phenoxy) is 2. The second-order valence-electron chi connectivity index (χ2n) is 3.59. The van der Waals surface area contributed by atoms with Crippen LogP contribution in [0.1, 0.15) is 0 Å². The van der Waals surface area contributed by atoms with Crippen molar-refractivity contribution in [3.8, 4) is 0 Å². The van der Waals surface area contributed by atoms with Crippen LogP contribution in [0.5, 0.6) is 0 Å². The average molecular weight is 261 g/mol. The molecule has 0 radical (unpaired) electrons. The highest BCUT2D eigenvalue weighted by Gasteiger charge is 2.13. The van der Waals surface area contributed by atoms with Crippen LogP contribution < -0.4 is 10.6 Å². The molecule has 0 saturated carbocycles. The Morgan fingerprint density at radius 1 is 1.28 bits per heavy atom. The number of aromatic nitrogens is 1. The molecule has 0 saturated heterocycles. The third kappa shape index (κ3) is 3.78. The summed E-state index contributed by atoms with van der Waals surface area (Å²) in [7, 11) is 4.58. The number of hydrogen-bond acceptors (Lipinski definition) is 5. The maximum Gasteiger partial charge on any atom is 0.168 e. The second-order valence-corrected chi connectivity index (χ2v) is 3.59. The average Bonchev–Trinajstić information content (AvgIpc) is 2.36. The zero-order chi connectivity index (χ0) is 13.5. The maximum atomic E-state index is 13.4. The Morgan fingerprint density at radius 2 is 1.94 bits per heavy atom. The molecule has 1 rings (SSSR count). The molecule has 18 heavy (non-hydrogen) atoms. The molecule has 1 aromatic rings. The molecular weight excluding hydrogens is 244 g/mol. The van der Waals surface area contributed by atoms with Gasteiger partial charge in [0.1, 0.15) is 0 Å². The van der Waals surface area contributed by atoms with Gasteiger partial charge in [0.15, 0.2) is 23.3 Å². The SMILES string of the molecule is CNc1nc(NCC(COC)OC)c(F)cc1F. The van der Waals surface area contributed by atoms with E-state index in [4.69, 9.17) is 9.47 Å². The van der Waals surface area contributed by atoms with Gasteiger partial charge in [-0.05, 0) is 0 Å². The molecule has 1 aromatic heterocycles. The molecule has 0 aromatic carbocycles. The summed E-state index contributed by atoms with van der Waals surface area (Å²) in [6.45, 7) is 0.675. The first kappa shape index (κ1) is 14.6. The van der Waals surface area contributed by atoms with E-state index in [1.807, 2.05) is 0 Å². The minimum absolute atomic E-state index is 0.0143. The molecule has 1 heterocycles. The van der Waals surface area contributed by atoms with Crippen LogP contribution in [0.4, 0.5) is 20.4 Å². The van der Waals surface area contributed by atoms with Gasteiger partial charge in [-0.15, -0.1) is 0 Å². The molecule has 0 aliphatic heterocycles. The Hall–Kier alpha value is -1.47. The van der Waals surface area contributed by atoms with Crippen LogP contribution in [0.3, 0.4) is 0 Å². The monoisotopic (exact) mass is 261 g/mol. The molecule has 0 amide bonds. The van der Waals surface area contributed by atoms with E-state index in [1.165, 1.54) is 14.2 Å². The zero-order valence-corrected chi connectivity index (χ0v) is 10.6. The topological polar surface area (TPSA) is 55.4 Å². The molecule has 0 aliphatic rings. The second kappa shape index (κ2) is 7.07. The van der Waals surface area contributed by atoms with Crippen molar-refractivity contribution in [2.24, 2.45) is 0 Å². The quantitative estimate of drug-likeness (QED) is 0.778. The summed E-state index contributed by atoms with van der Waals surface area (Å²) in [5.41, 5.74) is 0. The number of nitrogens with zero attached hydrogens (tertiary/aromatic N) is 1. The first-order chi connectivity index (χ1) is 8.62. The molecule has 1 unspecified atom stereocenters. The molecule has 102 valence electrons. The van der Waals surface area contributed by atoms with Crippen LogP contribution in [0.25, 0.3) is 0 Å². The van der Waals surface area contributed by atoms with Crippen LogP contribution in [0.2, 0.25) is 0 Å². The van der Waals surface area contributed by atoms with E-state index in [-0.39, 0.29) is 17.7 Å². The van der Waals surface area contributed by atoms with Crippen LogP contribution in [0.15, 0.2) is 6.07 Å². The number of pyridine rings is 1. The van der Waals surface area contributed by atoms with Crippen molar-refractivity contribution >= 4 is 11.6 Å². The fourth-order valence-corrected chi connectivity index (χ4v) is 1.37. The molecule has 0 bridgehead atoms. The molecule has 0 aliphatic carbocycles. The van der Waals surface area contributed by atoms with Crippen molar-refractivity contribution in [1.82, 2.24) is 4.98 Å². The molecule has 5 nitrogen and oxygen atoms in total. The number of nitrogens with one attached hydrogen (secondary N) is 2. The number of hydrogen-bond donors (Lipinski definition) is 2. The smallest absolute Gasteiger partial charge is 0.168 e. The van der Waals surface area contributed by atoms with E-state index < -0.39 is 11.6 Å². The van der Waals surface area contributed by atoms with E-state index in [9.17, 15) is 8.78 Å². The lowest BCUT2D eigenvalue weighted by molar-refractivity contribution is 0.0365. The molecule has 2 N–H and O–H groups in total. The first-order valence-corrected chi connectivity index (χ1v) is 5.41. The Kier molecular flexibility index (Phi) is 5.73. The third-order valence-electron chi connectivity index (χ3n) is 2.35. The lowest BCUT2D eigenvalue weighted by atomic mass is 10.3. The summed E-state index contributed by atoms with van der Waals surface area (Å²) < 4.78 is 36.7. The van der Waals surface area contributed by atoms with Crippen molar-refractivity contribution in [3.05, 3.63) is 17.7 Å². The predicted molar refractivity (Wildman–Crippen MR) is 64.9 cm³/mol. The number of halogens is 2. The first-order valence-electron chi connectivity index (χ1n) is 5.41. The van der Waals surface area contributed by atoms with Gasteiger partial charge in [-0.1, -0.05) is 0 Å². The summed E-state index contributed by atoms with van der Waals surface area (Å²) in [6.07, 6.45) is -0.237. The Balaban J connectivity index is 2.72. The number of methoxy groups -OCH3 is 2. The fraction of sp³-hybridized carbons (Fsp3) is 0.545. The van der Waals surface area contributed by atoms with Crippen molar-refractivity contribution in [3.63, 3.8) is 0 Å². The standard InChI is InChI=1S/C11H17F2N3O2/c1-14-10-8(12)4-9(13)11(16-10)15-5-7(18-3)6-17-2/h4,7H,5-6H2,1-3H3,(H2,14,15,16). The summed E-state index contributed by atoms with van der Waals surface area (Å²) in [5.74, 6) is -1.53. The largest absolute Gasteiger partial charge is 0.382 e. The molecule has 7 heteroatoms. The van der Waals surface area contributed by atoms with Crippen molar-refractivity contribution in [2.75, 3.05) is 45.1 Å². The predicted octanol–water partition coefficient (Wildman–Crippen LogP) is 1.47. The summed E-state index contributed by atoms with van der Waals surface area (Å²) in [4.78, 5) is 3.79. The highest BCUT2D eigenvalue weighted by atomic mass is 19.1. The lowest BCUT2D eigenvalue weighted by Gasteiger charge is -2.16. The van der Waals surface area contributed by atoms with Crippen LogP contribution >= 0.6 is 0 Å². The van der Waals surface area contributed by atoms with Crippen molar-refractivity contribution < 1.29 is 18.3 Å². The van der Waals surface area contributed by atoms with Gasteiger partial charge >= 0.3 is 0 Å². The summed E-state index contributed by atoms with van der Waals surface area (Å²) in [5, 5.41) is 5.29. The van der Waals surface area contributed by atoms with Gasteiger partial charge in [-0.25, -0.2) is 13.8 Å². The lowest BCUT2D eigenvalue weighted by Crippen LogP contribution is -2.27. The van der Waals surface area contributed by atoms with Gasteiger partial charge in [0.25, 0.3) is 0 Å². The minimum Gasteiger partial charge on any atom is -0.382 e. The van der Waals surface area contributed by atoms with E-state index in [0.29, 0.717) is 13.2 Å². The Bertz CT molecular complexity index is 391. The molecular formula is C11H17F2N3O2. The molecule has 0 spiro atoms. The van der Waals surface area contributed by atoms with E-state index in [2.05, 4.69) is 15.6 Å². The number of anilines is 2. The highest BCUT2D eigenvalue weighted by molar-refractivity contribution is 5.47. The van der Waals surface area contributed by atoms with Gasteiger partial charge in [0, 0.05) is 33.9 Å². The van der Waals surface area contributed by atoms with Crippen molar-refractivity contribution in [1.29, 1.82) is 0 Å². The van der Waals surface area contributed by atoms with Crippen molar-refractivity contribution in [2.45, 2.75) is 6.10 Å². The van der Waals surface area contributed by atoms with E-state index >= 15 is 0 Å². The zero-order valence-electron chi connectivity index (χ0n) is 10.6. The van der Waals surface area contributed by atoms with Gasteiger partial charge in [-0.2, -0.15) is 0 Å². The van der Waals surface area contributed by atoms with E-state index in [1.54, 1.807) is 7.11 Å².